The number of hydrogen-bond donors (Lipinski definition) is 2. The van der Waals surface area contributed by atoms with E-state index in [1.54, 1.807) is 7.11 Å². The zero-order valence-electron chi connectivity index (χ0n) is 12.7. The minimum absolute atomic E-state index is 0.0771. The van der Waals surface area contributed by atoms with Crippen molar-refractivity contribution in [3.8, 4) is 5.75 Å². The Morgan fingerprint density at radius 2 is 2.19 bits per heavy atom. The second-order valence-electron chi connectivity index (χ2n) is 5.54. The van der Waals surface area contributed by atoms with Gasteiger partial charge in [0.15, 0.2) is 0 Å². The number of aliphatic hydroxyl groups excluding tert-OH is 1. The molecule has 1 fully saturated rings. The molecule has 21 heavy (non-hydrogen) atoms. The maximum atomic E-state index is 12.3. The van der Waals surface area contributed by atoms with E-state index in [0.717, 1.165) is 19.3 Å². The highest BCUT2D eigenvalue weighted by molar-refractivity contribution is 5.93. The van der Waals surface area contributed by atoms with Gasteiger partial charge in [-0.1, -0.05) is 18.6 Å². The fraction of sp³-hybridized carbons (Fsp3) is 0.562. The van der Waals surface area contributed by atoms with Crippen LogP contribution in [0.5, 0.6) is 5.75 Å². The zero-order chi connectivity index (χ0) is 15.2. The van der Waals surface area contributed by atoms with Crippen LogP contribution in [0.3, 0.4) is 0 Å². The van der Waals surface area contributed by atoms with E-state index < -0.39 is 0 Å². The van der Waals surface area contributed by atoms with E-state index >= 15 is 0 Å². The first kappa shape index (κ1) is 15.8. The summed E-state index contributed by atoms with van der Waals surface area (Å²) in [5, 5.41) is 12.4. The quantitative estimate of drug-likeness (QED) is 0.869. The Balaban J connectivity index is 2.00. The highest BCUT2D eigenvalue weighted by atomic mass is 16.5. The normalized spacial score (nSPS) is 22.8. The number of nitrogens with zero attached hydrogens (tertiary/aromatic N) is 1. The highest BCUT2D eigenvalue weighted by Crippen LogP contribution is 2.25. The molecule has 2 atom stereocenters. The van der Waals surface area contributed by atoms with Gasteiger partial charge < -0.3 is 15.2 Å². The summed E-state index contributed by atoms with van der Waals surface area (Å²) in [4.78, 5) is 14.4. The number of hydrogen-bond acceptors (Lipinski definition) is 4. The SMILES string of the molecule is COc1ccccc1NC(=O)CN1C(C)CCCC1CO. The number of methoxy groups -OCH3 is 1. The number of carbonyl (C=O) groups is 1. The van der Waals surface area contributed by atoms with E-state index in [0.29, 0.717) is 24.0 Å². The van der Waals surface area contributed by atoms with E-state index in [1.807, 2.05) is 24.3 Å². The Hall–Kier alpha value is -1.59. The first-order valence-corrected chi connectivity index (χ1v) is 7.45. The van der Waals surface area contributed by atoms with E-state index in [2.05, 4.69) is 17.1 Å². The van der Waals surface area contributed by atoms with Gasteiger partial charge in [-0.05, 0) is 31.9 Å². The highest BCUT2D eigenvalue weighted by Gasteiger charge is 2.28. The summed E-state index contributed by atoms with van der Waals surface area (Å²) < 4.78 is 5.23. The molecular weight excluding hydrogens is 268 g/mol. The summed E-state index contributed by atoms with van der Waals surface area (Å²) in [5.41, 5.74) is 0.676. The molecular formula is C16H24N2O3. The van der Waals surface area contributed by atoms with E-state index in [9.17, 15) is 9.90 Å². The van der Waals surface area contributed by atoms with Gasteiger partial charge in [-0.2, -0.15) is 0 Å². The average Bonchev–Trinajstić information content (AvgIpc) is 2.49. The number of aliphatic hydroxyl groups is 1. The molecule has 5 nitrogen and oxygen atoms in total. The summed E-state index contributed by atoms with van der Waals surface area (Å²) >= 11 is 0. The largest absolute Gasteiger partial charge is 0.495 e. The van der Waals surface area contributed by atoms with Crippen molar-refractivity contribution in [1.82, 2.24) is 4.90 Å². The van der Waals surface area contributed by atoms with Gasteiger partial charge in [0.1, 0.15) is 5.75 Å². The van der Waals surface area contributed by atoms with E-state index in [1.165, 1.54) is 0 Å². The standard InChI is InChI=1S/C16H24N2O3/c1-12-6-5-7-13(11-19)18(12)10-16(20)17-14-8-3-4-9-15(14)21-2/h3-4,8-9,12-13,19H,5-7,10-11H2,1-2H3,(H,17,20). The monoisotopic (exact) mass is 292 g/mol. The molecule has 1 aliphatic rings. The molecule has 1 aliphatic heterocycles. The Bertz CT molecular complexity index is 478. The van der Waals surface area contributed by atoms with Crippen LogP contribution in [0, 0.1) is 0 Å². The predicted molar refractivity (Wildman–Crippen MR) is 82.5 cm³/mol. The van der Waals surface area contributed by atoms with Crippen LogP contribution in [0.1, 0.15) is 26.2 Å². The zero-order valence-corrected chi connectivity index (χ0v) is 12.7. The van der Waals surface area contributed by atoms with Gasteiger partial charge in [0.2, 0.25) is 5.91 Å². The molecule has 2 N–H and O–H groups in total. The Morgan fingerprint density at radius 3 is 2.90 bits per heavy atom. The molecule has 0 saturated carbocycles. The molecule has 0 radical (unpaired) electrons. The summed E-state index contributed by atoms with van der Waals surface area (Å²) in [7, 11) is 1.58. The van der Waals surface area contributed by atoms with Crippen LogP contribution in [-0.4, -0.2) is 48.3 Å². The maximum Gasteiger partial charge on any atom is 0.238 e. The first-order valence-electron chi connectivity index (χ1n) is 7.45. The van der Waals surface area contributed by atoms with Gasteiger partial charge in [0.05, 0.1) is 25.9 Å². The number of para-hydroxylation sites is 2. The lowest BCUT2D eigenvalue weighted by molar-refractivity contribution is -0.119. The van der Waals surface area contributed by atoms with Crippen LogP contribution in [0.15, 0.2) is 24.3 Å². The number of nitrogens with one attached hydrogen (secondary N) is 1. The molecule has 0 aromatic heterocycles. The summed E-state index contributed by atoms with van der Waals surface area (Å²) in [6.45, 7) is 2.51. The van der Waals surface area contributed by atoms with Crippen molar-refractivity contribution in [3.63, 3.8) is 0 Å². The second-order valence-corrected chi connectivity index (χ2v) is 5.54. The van der Waals surface area contributed by atoms with Gasteiger partial charge >= 0.3 is 0 Å². The third-order valence-electron chi connectivity index (χ3n) is 4.11. The van der Waals surface area contributed by atoms with Crippen LogP contribution in [0.25, 0.3) is 0 Å². The summed E-state index contributed by atoms with van der Waals surface area (Å²) in [6.07, 6.45) is 3.12. The number of rotatable bonds is 5. The molecule has 2 rings (SSSR count). The smallest absolute Gasteiger partial charge is 0.238 e. The molecule has 116 valence electrons. The summed E-state index contributed by atoms with van der Waals surface area (Å²) in [6, 6.07) is 7.76. The molecule has 2 unspecified atom stereocenters. The van der Waals surface area contributed by atoms with Crippen LogP contribution in [0.4, 0.5) is 5.69 Å². The van der Waals surface area contributed by atoms with Crippen LogP contribution >= 0.6 is 0 Å². The number of anilines is 1. The van der Waals surface area contributed by atoms with Gasteiger partial charge in [-0.3, -0.25) is 9.69 Å². The third-order valence-corrected chi connectivity index (χ3v) is 4.11. The van der Waals surface area contributed by atoms with Crippen LogP contribution in [0.2, 0.25) is 0 Å². The lowest BCUT2D eigenvalue weighted by atomic mass is 9.97. The predicted octanol–water partition coefficient (Wildman–Crippen LogP) is 1.87. The molecule has 0 aliphatic carbocycles. The number of carbonyl (C=O) groups excluding carboxylic acids is 1. The molecule has 0 spiro atoms. The lowest BCUT2D eigenvalue weighted by Crippen LogP contribution is -2.50. The molecule has 5 heteroatoms. The number of ether oxygens (including phenoxy) is 1. The first-order chi connectivity index (χ1) is 10.2. The molecule has 1 aromatic rings. The van der Waals surface area contributed by atoms with Gasteiger partial charge in [0, 0.05) is 12.1 Å². The fourth-order valence-electron chi connectivity index (χ4n) is 2.92. The maximum absolute atomic E-state index is 12.3. The van der Waals surface area contributed by atoms with Crippen molar-refractivity contribution in [2.45, 2.75) is 38.3 Å². The minimum Gasteiger partial charge on any atom is -0.495 e. The number of amides is 1. The number of likely N-dealkylation sites (tertiary alicyclic amines) is 1. The molecule has 1 aromatic carbocycles. The molecule has 1 amide bonds. The van der Waals surface area contributed by atoms with Crippen LogP contribution < -0.4 is 10.1 Å². The molecule has 0 bridgehead atoms. The van der Waals surface area contributed by atoms with Crippen molar-refractivity contribution in [3.05, 3.63) is 24.3 Å². The van der Waals surface area contributed by atoms with Crippen molar-refractivity contribution in [1.29, 1.82) is 0 Å². The topological polar surface area (TPSA) is 61.8 Å². The van der Waals surface area contributed by atoms with E-state index in [-0.39, 0.29) is 18.6 Å². The van der Waals surface area contributed by atoms with Crippen molar-refractivity contribution < 1.29 is 14.6 Å². The number of piperidine rings is 1. The average molecular weight is 292 g/mol. The Morgan fingerprint density at radius 1 is 1.43 bits per heavy atom. The Labute approximate surface area is 125 Å². The van der Waals surface area contributed by atoms with Gasteiger partial charge in [-0.15, -0.1) is 0 Å². The van der Waals surface area contributed by atoms with E-state index in [4.69, 9.17) is 4.74 Å². The van der Waals surface area contributed by atoms with Crippen molar-refractivity contribution in [2.24, 2.45) is 0 Å². The Kier molecular flexibility index (Phi) is 5.59. The lowest BCUT2D eigenvalue weighted by Gasteiger charge is -2.39. The van der Waals surface area contributed by atoms with Gasteiger partial charge in [-0.25, -0.2) is 0 Å². The molecule has 1 heterocycles. The minimum atomic E-state index is -0.0771. The molecule has 1 saturated heterocycles. The van der Waals surface area contributed by atoms with Crippen molar-refractivity contribution in [2.75, 3.05) is 25.6 Å². The second kappa shape index (κ2) is 7.43. The van der Waals surface area contributed by atoms with Gasteiger partial charge in [0.25, 0.3) is 0 Å². The number of benzene rings is 1. The van der Waals surface area contributed by atoms with Crippen LogP contribution in [-0.2, 0) is 4.79 Å². The third kappa shape index (κ3) is 3.95. The fourth-order valence-corrected chi connectivity index (χ4v) is 2.92. The summed E-state index contributed by atoms with van der Waals surface area (Å²) in [5.74, 6) is 0.572. The van der Waals surface area contributed by atoms with Crippen molar-refractivity contribution >= 4 is 11.6 Å².